The fraction of sp³-hybridized carbons (Fsp3) is 0.500. The summed E-state index contributed by atoms with van der Waals surface area (Å²) in [5, 5.41) is 3.36. The molecule has 0 spiro atoms. The number of rotatable bonds is 2. The van der Waals surface area contributed by atoms with Crippen LogP contribution in [0.5, 0.6) is 0 Å². The molecule has 2 aliphatic rings. The molecular formula is C14H18N2O2. The fourth-order valence-electron chi connectivity index (χ4n) is 2.90. The number of hydrogen-bond acceptors (Lipinski definition) is 3. The zero-order chi connectivity index (χ0) is 12.4. The molecule has 4 nitrogen and oxygen atoms in total. The molecule has 3 rings (SSSR count). The van der Waals surface area contributed by atoms with Crippen molar-refractivity contribution in [1.82, 2.24) is 5.32 Å². The zero-order valence-electron chi connectivity index (χ0n) is 10.3. The molecule has 1 unspecified atom stereocenters. The third kappa shape index (κ3) is 2.08. The molecule has 1 aromatic carbocycles. The predicted octanol–water partition coefficient (Wildman–Crippen LogP) is 2.01. The monoisotopic (exact) mass is 246 g/mol. The number of ether oxygens (including phenoxy) is 1. The van der Waals surface area contributed by atoms with Gasteiger partial charge in [-0.25, -0.2) is 4.79 Å². The molecule has 0 bridgehead atoms. The van der Waals surface area contributed by atoms with Crippen molar-refractivity contribution in [3.05, 3.63) is 30.3 Å². The Bertz CT molecular complexity index is 415. The Balaban J connectivity index is 1.83. The number of hydrogen-bond donors (Lipinski definition) is 1. The molecule has 2 heterocycles. The van der Waals surface area contributed by atoms with Gasteiger partial charge in [0.15, 0.2) is 0 Å². The van der Waals surface area contributed by atoms with Gasteiger partial charge in [0.2, 0.25) is 0 Å². The van der Waals surface area contributed by atoms with Crippen LogP contribution in [0.1, 0.15) is 12.8 Å². The van der Waals surface area contributed by atoms with Crippen molar-refractivity contribution < 1.29 is 9.53 Å². The van der Waals surface area contributed by atoms with E-state index in [1.54, 1.807) is 0 Å². The van der Waals surface area contributed by atoms with Crippen LogP contribution in [0.3, 0.4) is 0 Å². The van der Waals surface area contributed by atoms with Crippen molar-refractivity contribution in [2.75, 3.05) is 24.6 Å². The van der Waals surface area contributed by atoms with Crippen LogP contribution < -0.4 is 10.2 Å². The molecule has 2 aliphatic heterocycles. The second-order valence-electron chi connectivity index (χ2n) is 4.94. The molecule has 0 aromatic heterocycles. The Morgan fingerprint density at radius 1 is 1.17 bits per heavy atom. The molecule has 0 radical (unpaired) electrons. The minimum atomic E-state index is -0.204. The quantitative estimate of drug-likeness (QED) is 0.868. The number of carbonyl (C=O) groups is 1. The van der Waals surface area contributed by atoms with Gasteiger partial charge in [0.25, 0.3) is 0 Å². The number of benzene rings is 1. The lowest BCUT2D eigenvalue weighted by Crippen LogP contribution is -2.43. The third-order valence-electron chi connectivity index (χ3n) is 3.87. The van der Waals surface area contributed by atoms with E-state index in [4.69, 9.17) is 4.74 Å². The largest absolute Gasteiger partial charge is 0.447 e. The lowest BCUT2D eigenvalue weighted by atomic mass is 9.90. The Morgan fingerprint density at radius 2 is 1.89 bits per heavy atom. The number of amides is 1. The molecule has 1 N–H and O–H groups in total. The Hall–Kier alpha value is -1.55. The number of para-hydroxylation sites is 1. The van der Waals surface area contributed by atoms with E-state index in [1.165, 1.54) is 0 Å². The van der Waals surface area contributed by atoms with Gasteiger partial charge >= 0.3 is 6.09 Å². The molecule has 4 heteroatoms. The van der Waals surface area contributed by atoms with E-state index >= 15 is 0 Å². The van der Waals surface area contributed by atoms with E-state index in [-0.39, 0.29) is 12.1 Å². The highest BCUT2D eigenvalue weighted by Gasteiger charge is 2.39. The molecule has 1 amide bonds. The van der Waals surface area contributed by atoms with E-state index in [1.807, 2.05) is 35.2 Å². The van der Waals surface area contributed by atoms with Crippen molar-refractivity contribution in [3.63, 3.8) is 0 Å². The van der Waals surface area contributed by atoms with Crippen molar-refractivity contribution >= 4 is 11.8 Å². The van der Waals surface area contributed by atoms with Crippen LogP contribution in [0.25, 0.3) is 0 Å². The van der Waals surface area contributed by atoms with E-state index in [0.29, 0.717) is 12.5 Å². The first-order valence-electron chi connectivity index (χ1n) is 6.58. The maximum Gasteiger partial charge on any atom is 0.414 e. The number of nitrogens with one attached hydrogen (secondary N) is 1. The molecule has 2 saturated heterocycles. The van der Waals surface area contributed by atoms with Gasteiger partial charge in [0, 0.05) is 5.69 Å². The summed E-state index contributed by atoms with van der Waals surface area (Å²) in [6.45, 7) is 2.61. The van der Waals surface area contributed by atoms with Crippen LogP contribution in [0.2, 0.25) is 0 Å². The second-order valence-corrected chi connectivity index (χ2v) is 4.94. The Labute approximate surface area is 107 Å². The number of piperidine rings is 1. The highest BCUT2D eigenvalue weighted by molar-refractivity contribution is 5.90. The summed E-state index contributed by atoms with van der Waals surface area (Å²) in [5.41, 5.74) is 0.948. The first-order chi connectivity index (χ1) is 8.86. The van der Waals surface area contributed by atoms with Crippen molar-refractivity contribution in [2.24, 2.45) is 5.92 Å². The van der Waals surface area contributed by atoms with Gasteiger partial charge in [0.1, 0.15) is 6.61 Å². The third-order valence-corrected chi connectivity index (χ3v) is 3.87. The number of nitrogens with zero attached hydrogens (tertiary/aromatic N) is 1. The standard InChI is InChI=1S/C14H18N2O2/c17-14-16(12-4-2-1-3-5-12)13(10-18-14)11-6-8-15-9-7-11/h1-5,11,13,15H,6-10H2. The SMILES string of the molecule is O=C1OCC(C2CCNCC2)N1c1ccccc1. The summed E-state index contributed by atoms with van der Waals surface area (Å²) in [6, 6.07) is 10.0. The summed E-state index contributed by atoms with van der Waals surface area (Å²) in [7, 11) is 0. The zero-order valence-corrected chi connectivity index (χ0v) is 10.3. The van der Waals surface area contributed by atoms with Gasteiger partial charge in [0.05, 0.1) is 6.04 Å². The molecule has 1 aromatic rings. The average molecular weight is 246 g/mol. The highest BCUT2D eigenvalue weighted by atomic mass is 16.6. The topological polar surface area (TPSA) is 41.6 Å². The first kappa shape index (κ1) is 11.5. The summed E-state index contributed by atoms with van der Waals surface area (Å²) < 4.78 is 5.25. The lowest BCUT2D eigenvalue weighted by Gasteiger charge is -2.31. The second kappa shape index (κ2) is 4.98. The average Bonchev–Trinajstić information content (AvgIpc) is 2.83. The molecule has 0 saturated carbocycles. The number of anilines is 1. The molecule has 96 valence electrons. The Morgan fingerprint density at radius 3 is 2.61 bits per heavy atom. The normalized spacial score (nSPS) is 25.2. The maximum absolute atomic E-state index is 11.9. The maximum atomic E-state index is 11.9. The number of cyclic esters (lactones) is 1. The van der Waals surface area contributed by atoms with E-state index < -0.39 is 0 Å². The van der Waals surface area contributed by atoms with Gasteiger partial charge < -0.3 is 10.1 Å². The predicted molar refractivity (Wildman–Crippen MR) is 69.7 cm³/mol. The number of carbonyl (C=O) groups excluding carboxylic acids is 1. The van der Waals surface area contributed by atoms with Gasteiger partial charge in [-0.2, -0.15) is 0 Å². The summed E-state index contributed by atoms with van der Waals surface area (Å²) in [6.07, 6.45) is 2.03. The first-order valence-corrected chi connectivity index (χ1v) is 6.58. The Kier molecular flexibility index (Phi) is 3.19. The van der Waals surface area contributed by atoms with E-state index in [2.05, 4.69) is 5.32 Å². The van der Waals surface area contributed by atoms with Crippen molar-refractivity contribution in [1.29, 1.82) is 0 Å². The lowest BCUT2D eigenvalue weighted by molar-refractivity contribution is 0.174. The minimum absolute atomic E-state index is 0.196. The molecule has 2 fully saturated rings. The summed E-state index contributed by atoms with van der Waals surface area (Å²) in [4.78, 5) is 13.7. The van der Waals surface area contributed by atoms with Crippen LogP contribution in [-0.2, 0) is 4.74 Å². The van der Waals surface area contributed by atoms with Gasteiger partial charge in [-0.15, -0.1) is 0 Å². The smallest absolute Gasteiger partial charge is 0.414 e. The van der Waals surface area contributed by atoms with Crippen LogP contribution in [0.15, 0.2) is 30.3 Å². The van der Waals surface area contributed by atoms with Crippen LogP contribution in [0.4, 0.5) is 10.5 Å². The van der Waals surface area contributed by atoms with Gasteiger partial charge in [-0.3, -0.25) is 4.90 Å². The molecular weight excluding hydrogens is 228 g/mol. The molecule has 0 aliphatic carbocycles. The van der Waals surface area contributed by atoms with Crippen molar-refractivity contribution in [2.45, 2.75) is 18.9 Å². The van der Waals surface area contributed by atoms with Crippen molar-refractivity contribution in [3.8, 4) is 0 Å². The summed E-state index contributed by atoms with van der Waals surface area (Å²) in [5.74, 6) is 0.540. The molecule has 1 atom stereocenters. The van der Waals surface area contributed by atoms with Crippen LogP contribution in [-0.4, -0.2) is 31.8 Å². The van der Waals surface area contributed by atoms with E-state index in [9.17, 15) is 4.79 Å². The summed E-state index contributed by atoms with van der Waals surface area (Å²) >= 11 is 0. The van der Waals surface area contributed by atoms with Gasteiger partial charge in [-0.1, -0.05) is 18.2 Å². The van der Waals surface area contributed by atoms with Gasteiger partial charge in [-0.05, 0) is 44.0 Å². The fourth-order valence-corrected chi connectivity index (χ4v) is 2.90. The molecule has 18 heavy (non-hydrogen) atoms. The van der Waals surface area contributed by atoms with E-state index in [0.717, 1.165) is 31.6 Å². The van der Waals surface area contributed by atoms with Crippen LogP contribution in [0, 0.1) is 5.92 Å². The highest BCUT2D eigenvalue weighted by Crippen LogP contribution is 2.30. The minimum Gasteiger partial charge on any atom is -0.447 e. The van der Waals surface area contributed by atoms with Crippen LogP contribution >= 0.6 is 0 Å².